The summed E-state index contributed by atoms with van der Waals surface area (Å²) in [5.74, 6) is 1.90. The highest BCUT2D eigenvalue weighted by atomic mass is 16.4. The lowest BCUT2D eigenvalue weighted by Crippen LogP contribution is -2.31. The maximum atomic E-state index is 10.9. The van der Waals surface area contributed by atoms with Crippen LogP contribution < -0.4 is 0 Å². The van der Waals surface area contributed by atoms with E-state index in [2.05, 4.69) is 0 Å². The molecule has 2 aliphatic rings. The monoisotopic (exact) mass is 228 g/mol. The van der Waals surface area contributed by atoms with Crippen molar-refractivity contribution in [2.24, 2.45) is 11.8 Å². The fourth-order valence-corrected chi connectivity index (χ4v) is 3.80. The molecular formula is C15H16O2. The Hall–Kier alpha value is -1.28. The molecule has 2 heteroatoms. The van der Waals surface area contributed by atoms with Gasteiger partial charge in [-0.3, -0.25) is 0 Å². The van der Waals surface area contributed by atoms with Gasteiger partial charge >= 0.3 is 0 Å². The van der Waals surface area contributed by atoms with E-state index < -0.39 is 5.60 Å². The molecule has 17 heavy (non-hydrogen) atoms. The fourth-order valence-electron chi connectivity index (χ4n) is 3.80. The van der Waals surface area contributed by atoms with Gasteiger partial charge in [0.15, 0.2) is 0 Å². The van der Waals surface area contributed by atoms with E-state index in [0.717, 1.165) is 29.6 Å². The minimum atomic E-state index is -0.693. The van der Waals surface area contributed by atoms with Crippen molar-refractivity contribution < 1.29 is 9.52 Å². The molecule has 3 unspecified atom stereocenters. The number of benzene rings is 1. The van der Waals surface area contributed by atoms with E-state index in [0.29, 0.717) is 11.8 Å². The summed E-state index contributed by atoms with van der Waals surface area (Å²) < 4.78 is 5.86. The second kappa shape index (κ2) is 3.14. The average molecular weight is 228 g/mol. The summed E-state index contributed by atoms with van der Waals surface area (Å²) >= 11 is 0. The van der Waals surface area contributed by atoms with E-state index in [9.17, 15) is 5.11 Å². The van der Waals surface area contributed by atoms with Crippen molar-refractivity contribution in [3.8, 4) is 0 Å². The van der Waals surface area contributed by atoms with Crippen LogP contribution in [0.4, 0.5) is 0 Å². The van der Waals surface area contributed by atoms with E-state index in [1.807, 2.05) is 30.3 Å². The van der Waals surface area contributed by atoms with E-state index in [4.69, 9.17) is 4.42 Å². The first-order valence-corrected chi connectivity index (χ1v) is 6.47. The van der Waals surface area contributed by atoms with E-state index in [-0.39, 0.29) is 0 Å². The molecule has 3 atom stereocenters. The Morgan fingerprint density at radius 3 is 2.82 bits per heavy atom. The quantitative estimate of drug-likeness (QED) is 0.811. The van der Waals surface area contributed by atoms with E-state index in [1.54, 1.807) is 0 Å². The van der Waals surface area contributed by atoms with Crippen molar-refractivity contribution in [1.29, 1.82) is 0 Å². The lowest BCUT2D eigenvalue weighted by molar-refractivity contribution is -0.0355. The normalized spacial score (nSPS) is 35.8. The minimum Gasteiger partial charge on any atom is -0.458 e. The summed E-state index contributed by atoms with van der Waals surface area (Å²) in [5, 5.41) is 12.0. The molecule has 1 N–H and O–H groups in total. The number of furan rings is 1. The predicted octanol–water partition coefficient (Wildman–Crippen LogP) is 3.44. The Bertz CT molecular complexity index is 538. The third kappa shape index (κ3) is 1.25. The summed E-state index contributed by atoms with van der Waals surface area (Å²) in [7, 11) is 0. The van der Waals surface area contributed by atoms with Crippen molar-refractivity contribution in [2.75, 3.05) is 0 Å². The van der Waals surface area contributed by atoms with Gasteiger partial charge in [-0.25, -0.2) is 0 Å². The smallest absolute Gasteiger partial charge is 0.137 e. The summed E-state index contributed by atoms with van der Waals surface area (Å²) in [4.78, 5) is 0. The molecule has 0 radical (unpaired) electrons. The van der Waals surface area contributed by atoms with Gasteiger partial charge < -0.3 is 9.52 Å². The first-order valence-electron chi connectivity index (χ1n) is 6.47. The Morgan fingerprint density at radius 1 is 1.24 bits per heavy atom. The molecule has 0 amide bonds. The second-order valence-corrected chi connectivity index (χ2v) is 5.65. The first-order chi connectivity index (χ1) is 8.25. The number of fused-ring (bicyclic) bond motifs is 3. The summed E-state index contributed by atoms with van der Waals surface area (Å²) in [6, 6.07) is 10.0. The van der Waals surface area contributed by atoms with Crippen molar-refractivity contribution in [2.45, 2.75) is 31.3 Å². The molecule has 88 valence electrons. The number of rotatable bonds is 1. The van der Waals surface area contributed by atoms with Gasteiger partial charge in [-0.15, -0.1) is 0 Å². The zero-order chi connectivity index (χ0) is 11.5. The van der Waals surface area contributed by atoms with Crippen LogP contribution >= 0.6 is 0 Å². The topological polar surface area (TPSA) is 33.4 Å². The zero-order valence-corrected chi connectivity index (χ0v) is 9.73. The standard InChI is InChI=1S/C15H16O2/c16-15(9-10-5-6-12(15)7-10)14-8-11-3-1-2-4-13(11)17-14/h1-4,8,10,12,16H,5-7,9H2. The van der Waals surface area contributed by atoms with Crippen LogP contribution in [0.25, 0.3) is 11.0 Å². The molecule has 1 aromatic carbocycles. The van der Waals surface area contributed by atoms with Crippen LogP contribution in [0.2, 0.25) is 0 Å². The van der Waals surface area contributed by atoms with Gasteiger partial charge in [-0.1, -0.05) is 18.2 Å². The molecule has 2 bridgehead atoms. The molecule has 2 fully saturated rings. The van der Waals surface area contributed by atoms with Gasteiger partial charge in [0, 0.05) is 5.39 Å². The molecule has 0 spiro atoms. The molecule has 4 rings (SSSR count). The van der Waals surface area contributed by atoms with Crippen molar-refractivity contribution in [1.82, 2.24) is 0 Å². The largest absolute Gasteiger partial charge is 0.458 e. The predicted molar refractivity (Wildman–Crippen MR) is 65.6 cm³/mol. The minimum absolute atomic E-state index is 0.410. The van der Waals surface area contributed by atoms with Crippen LogP contribution in [0.1, 0.15) is 31.4 Å². The van der Waals surface area contributed by atoms with Crippen molar-refractivity contribution in [3.05, 3.63) is 36.1 Å². The number of para-hydroxylation sites is 1. The lowest BCUT2D eigenvalue weighted by atomic mass is 9.82. The third-order valence-electron chi connectivity index (χ3n) is 4.67. The van der Waals surface area contributed by atoms with Crippen LogP contribution in [0, 0.1) is 11.8 Å². The van der Waals surface area contributed by atoms with Crippen molar-refractivity contribution >= 4 is 11.0 Å². The molecule has 0 saturated heterocycles. The number of hydrogen-bond acceptors (Lipinski definition) is 2. The molecule has 2 saturated carbocycles. The number of aliphatic hydroxyl groups is 1. The van der Waals surface area contributed by atoms with Crippen molar-refractivity contribution in [3.63, 3.8) is 0 Å². The van der Waals surface area contributed by atoms with Crippen LogP contribution in [-0.2, 0) is 5.60 Å². The average Bonchev–Trinajstić information content (AvgIpc) is 3.01. The maximum Gasteiger partial charge on any atom is 0.137 e. The molecule has 2 nitrogen and oxygen atoms in total. The highest BCUT2D eigenvalue weighted by Gasteiger charge is 2.52. The lowest BCUT2D eigenvalue weighted by Gasteiger charge is -2.30. The Labute approximate surface area is 100 Å². The molecule has 2 aromatic rings. The van der Waals surface area contributed by atoms with E-state index >= 15 is 0 Å². The van der Waals surface area contributed by atoms with Gasteiger partial charge in [0.25, 0.3) is 0 Å². The van der Waals surface area contributed by atoms with Crippen LogP contribution in [-0.4, -0.2) is 5.11 Å². The summed E-state index contributed by atoms with van der Waals surface area (Å²) in [6.07, 6.45) is 4.50. The summed E-state index contributed by atoms with van der Waals surface area (Å²) in [6.45, 7) is 0. The number of hydrogen-bond donors (Lipinski definition) is 1. The highest BCUT2D eigenvalue weighted by molar-refractivity contribution is 5.78. The van der Waals surface area contributed by atoms with Gasteiger partial charge in [0.2, 0.25) is 0 Å². The van der Waals surface area contributed by atoms with Crippen LogP contribution in [0.3, 0.4) is 0 Å². The van der Waals surface area contributed by atoms with E-state index in [1.165, 1.54) is 12.8 Å². The highest BCUT2D eigenvalue weighted by Crippen LogP contribution is 2.56. The molecule has 1 heterocycles. The molecular weight excluding hydrogens is 212 g/mol. The SMILES string of the molecule is OC1(c2cc3ccccc3o2)CC2CCC1C2. The van der Waals surface area contributed by atoms with Gasteiger partial charge in [0.05, 0.1) is 0 Å². The van der Waals surface area contributed by atoms with Gasteiger partial charge in [-0.05, 0) is 49.7 Å². The maximum absolute atomic E-state index is 10.9. The Kier molecular flexibility index (Phi) is 1.79. The van der Waals surface area contributed by atoms with Gasteiger partial charge in [-0.2, -0.15) is 0 Å². The fraction of sp³-hybridized carbons (Fsp3) is 0.467. The van der Waals surface area contributed by atoms with Gasteiger partial charge in [0.1, 0.15) is 16.9 Å². The zero-order valence-electron chi connectivity index (χ0n) is 9.73. The molecule has 2 aliphatic carbocycles. The van der Waals surface area contributed by atoms with Crippen LogP contribution in [0.15, 0.2) is 34.7 Å². The van der Waals surface area contributed by atoms with Crippen LogP contribution in [0.5, 0.6) is 0 Å². The molecule has 0 aliphatic heterocycles. The third-order valence-corrected chi connectivity index (χ3v) is 4.67. The Balaban J connectivity index is 1.83. The first kappa shape index (κ1) is 9.72. The molecule has 1 aromatic heterocycles. The second-order valence-electron chi connectivity index (χ2n) is 5.65. The summed E-state index contributed by atoms with van der Waals surface area (Å²) in [5.41, 5.74) is 0.195. The Morgan fingerprint density at radius 2 is 2.12 bits per heavy atom.